The van der Waals surface area contributed by atoms with Crippen LogP contribution in [0.3, 0.4) is 0 Å². The Bertz CT molecular complexity index is 991. The molecule has 1 fully saturated rings. The third-order valence-electron chi connectivity index (χ3n) is 5.80. The van der Waals surface area contributed by atoms with Gasteiger partial charge in [0, 0.05) is 42.5 Å². The lowest BCUT2D eigenvalue weighted by Gasteiger charge is -2.21. The highest BCUT2D eigenvalue weighted by Crippen LogP contribution is 2.32. The topological polar surface area (TPSA) is 67.7 Å². The van der Waals surface area contributed by atoms with Crippen LogP contribution in [0.25, 0.3) is 5.69 Å². The lowest BCUT2D eigenvalue weighted by molar-refractivity contribution is -0.144. The number of halogens is 2. The fraction of sp³-hybridized carbons (Fsp3) is 0.500. The number of carbonyl (C=O) groups is 2. The van der Waals surface area contributed by atoms with Gasteiger partial charge < -0.3 is 9.64 Å². The van der Waals surface area contributed by atoms with Gasteiger partial charge in [0.25, 0.3) is 5.91 Å². The van der Waals surface area contributed by atoms with Crippen LogP contribution in [0.15, 0.2) is 18.2 Å². The summed E-state index contributed by atoms with van der Waals surface area (Å²) in [6.45, 7) is 5.03. The highest BCUT2D eigenvalue weighted by Gasteiger charge is 2.31. The van der Waals surface area contributed by atoms with E-state index in [0.717, 1.165) is 49.2 Å². The van der Waals surface area contributed by atoms with E-state index in [0.29, 0.717) is 42.0 Å². The molecule has 31 heavy (non-hydrogen) atoms. The summed E-state index contributed by atoms with van der Waals surface area (Å²) < 4.78 is 6.85. The van der Waals surface area contributed by atoms with E-state index in [2.05, 4.69) is 0 Å². The van der Waals surface area contributed by atoms with Gasteiger partial charge in [-0.1, -0.05) is 23.2 Å². The molecule has 0 N–H and O–H groups in total. The Kier molecular flexibility index (Phi) is 6.84. The van der Waals surface area contributed by atoms with Crippen molar-refractivity contribution in [3.63, 3.8) is 0 Å². The van der Waals surface area contributed by atoms with Crippen LogP contribution >= 0.6 is 23.2 Å². The minimum atomic E-state index is -0.223. The number of carbonyl (C=O) groups excluding carboxylic acids is 2. The number of hydrogen-bond acceptors (Lipinski definition) is 5. The molecule has 1 saturated heterocycles. The maximum atomic E-state index is 13.4. The Morgan fingerprint density at radius 2 is 1.94 bits per heavy atom. The molecule has 9 heteroatoms. The smallest absolute Gasteiger partial charge is 0.320 e. The van der Waals surface area contributed by atoms with Crippen LogP contribution < -0.4 is 0 Å². The Hall–Kier alpha value is -2.09. The van der Waals surface area contributed by atoms with Crippen molar-refractivity contribution in [2.75, 3.05) is 39.3 Å². The predicted molar refractivity (Wildman–Crippen MR) is 119 cm³/mol. The lowest BCUT2D eigenvalue weighted by Crippen LogP contribution is -2.37. The molecule has 0 bridgehead atoms. The standard InChI is InChI=1S/C22H26Cl2N4O3/c1-2-31-20(29)14-26-9-4-10-27(12-11-26)22(30)21-16-5-3-6-18(16)28(25-21)19-8-7-15(23)13-17(19)24/h7-8,13H,2-6,9-12,14H2,1H3. The van der Waals surface area contributed by atoms with Gasteiger partial charge in [-0.2, -0.15) is 5.10 Å². The Labute approximate surface area is 191 Å². The molecule has 0 unspecified atom stereocenters. The zero-order valence-corrected chi connectivity index (χ0v) is 19.1. The number of hydrogen-bond donors (Lipinski definition) is 0. The minimum Gasteiger partial charge on any atom is -0.465 e. The molecule has 1 aromatic heterocycles. The quantitative estimate of drug-likeness (QED) is 0.634. The molecule has 1 aromatic carbocycles. The summed E-state index contributed by atoms with van der Waals surface area (Å²) in [5.41, 5.74) is 3.31. The molecule has 4 rings (SSSR count). The van der Waals surface area contributed by atoms with Crippen molar-refractivity contribution >= 4 is 35.1 Å². The highest BCUT2D eigenvalue weighted by molar-refractivity contribution is 6.35. The molecule has 2 aliphatic rings. The van der Waals surface area contributed by atoms with E-state index in [1.165, 1.54) is 0 Å². The maximum Gasteiger partial charge on any atom is 0.320 e. The van der Waals surface area contributed by atoms with E-state index < -0.39 is 0 Å². The summed E-state index contributed by atoms with van der Waals surface area (Å²) in [6, 6.07) is 5.31. The summed E-state index contributed by atoms with van der Waals surface area (Å²) in [5, 5.41) is 5.77. The van der Waals surface area contributed by atoms with Crippen molar-refractivity contribution in [1.82, 2.24) is 19.6 Å². The first-order valence-corrected chi connectivity index (χ1v) is 11.5. The summed E-state index contributed by atoms with van der Waals surface area (Å²) in [4.78, 5) is 29.1. The van der Waals surface area contributed by atoms with Crippen molar-refractivity contribution in [1.29, 1.82) is 0 Å². The van der Waals surface area contributed by atoms with Gasteiger partial charge in [0.1, 0.15) is 0 Å². The SMILES string of the molecule is CCOC(=O)CN1CCCN(C(=O)c2nn(-c3ccc(Cl)cc3Cl)c3c2CCC3)CC1. The van der Waals surface area contributed by atoms with Crippen molar-refractivity contribution in [2.24, 2.45) is 0 Å². The molecule has 0 spiro atoms. The normalized spacial score (nSPS) is 16.8. The molecule has 2 heterocycles. The molecule has 0 radical (unpaired) electrons. The molecule has 0 atom stereocenters. The summed E-state index contributed by atoms with van der Waals surface area (Å²) in [5.74, 6) is -0.279. The van der Waals surface area contributed by atoms with Gasteiger partial charge in [-0.3, -0.25) is 14.5 Å². The zero-order chi connectivity index (χ0) is 22.0. The van der Waals surface area contributed by atoms with E-state index in [4.69, 9.17) is 33.0 Å². The Balaban J connectivity index is 1.53. The van der Waals surface area contributed by atoms with Gasteiger partial charge in [0.05, 0.1) is 23.9 Å². The van der Waals surface area contributed by atoms with Gasteiger partial charge in [-0.15, -0.1) is 0 Å². The molecular weight excluding hydrogens is 439 g/mol. The van der Waals surface area contributed by atoms with E-state index in [9.17, 15) is 9.59 Å². The second-order valence-electron chi connectivity index (χ2n) is 7.86. The van der Waals surface area contributed by atoms with Gasteiger partial charge in [0.2, 0.25) is 0 Å². The highest BCUT2D eigenvalue weighted by atomic mass is 35.5. The van der Waals surface area contributed by atoms with Crippen LogP contribution in [-0.2, 0) is 22.4 Å². The number of benzene rings is 1. The molecule has 1 aliphatic heterocycles. The number of amides is 1. The summed E-state index contributed by atoms with van der Waals surface area (Å²) in [6.07, 6.45) is 3.50. The van der Waals surface area contributed by atoms with Gasteiger partial charge in [-0.25, -0.2) is 4.68 Å². The number of nitrogens with zero attached hydrogens (tertiary/aromatic N) is 4. The first-order chi connectivity index (χ1) is 15.0. The molecule has 2 aromatic rings. The molecule has 1 amide bonds. The summed E-state index contributed by atoms with van der Waals surface area (Å²) >= 11 is 12.5. The number of fused-ring (bicyclic) bond motifs is 1. The molecule has 1 aliphatic carbocycles. The molecular formula is C22H26Cl2N4O3. The van der Waals surface area contributed by atoms with Crippen molar-refractivity contribution in [3.05, 3.63) is 45.2 Å². The number of aromatic nitrogens is 2. The van der Waals surface area contributed by atoms with Crippen LogP contribution in [0.5, 0.6) is 0 Å². The van der Waals surface area contributed by atoms with Gasteiger partial charge >= 0.3 is 5.97 Å². The van der Waals surface area contributed by atoms with Crippen LogP contribution in [-0.4, -0.2) is 70.8 Å². The van der Waals surface area contributed by atoms with Crippen molar-refractivity contribution < 1.29 is 14.3 Å². The first kappa shape index (κ1) is 22.1. The van der Waals surface area contributed by atoms with Crippen LogP contribution in [0, 0.1) is 0 Å². The van der Waals surface area contributed by atoms with E-state index in [1.54, 1.807) is 23.7 Å². The van der Waals surface area contributed by atoms with Crippen LogP contribution in [0.4, 0.5) is 0 Å². The van der Waals surface area contributed by atoms with Crippen molar-refractivity contribution in [3.8, 4) is 5.69 Å². The third-order valence-corrected chi connectivity index (χ3v) is 6.34. The van der Waals surface area contributed by atoms with E-state index in [-0.39, 0.29) is 18.4 Å². The first-order valence-electron chi connectivity index (χ1n) is 10.7. The average Bonchev–Trinajstić information content (AvgIpc) is 3.25. The second-order valence-corrected chi connectivity index (χ2v) is 8.71. The molecule has 0 saturated carbocycles. The zero-order valence-electron chi connectivity index (χ0n) is 17.6. The van der Waals surface area contributed by atoms with Gasteiger partial charge in [0.15, 0.2) is 5.69 Å². The van der Waals surface area contributed by atoms with E-state index >= 15 is 0 Å². The Morgan fingerprint density at radius 1 is 1.10 bits per heavy atom. The third kappa shape index (κ3) is 4.73. The largest absolute Gasteiger partial charge is 0.465 e. The summed E-state index contributed by atoms with van der Waals surface area (Å²) in [7, 11) is 0. The number of ether oxygens (including phenoxy) is 1. The second kappa shape index (κ2) is 9.59. The molecule has 7 nitrogen and oxygen atoms in total. The lowest BCUT2D eigenvalue weighted by atomic mass is 10.2. The van der Waals surface area contributed by atoms with Gasteiger partial charge in [-0.05, 0) is 50.8 Å². The number of rotatable bonds is 5. The molecule has 166 valence electrons. The van der Waals surface area contributed by atoms with E-state index in [1.807, 2.05) is 15.9 Å². The van der Waals surface area contributed by atoms with Crippen LogP contribution in [0.2, 0.25) is 10.0 Å². The average molecular weight is 465 g/mol. The van der Waals surface area contributed by atoms with Crippen molar-refractivity contribution in [2.45, 2.75) is 32.6 Å². The monoisotopic (exact) mass is 464 g/mol. The predicted octanol–water partition coefficient (Wildman–Crippen LogP) is 3.38. The number of esters is 1. The van der Waals surface area contributed by atoms with Crippen LogP contribution in [0.1, 0.15) is 41.5 Å². The fourth-order valence-corrected chi connectivity index (χ4v) is 4.82. The minimum absolute atomic E-state index is 0.0556. The maximum absolute atomic E-state index is 13.4. The Morgan fingerprint density at radius 3 is 2.71 bits per heavy atom. The fourth-order valence-electron chi connectivity index (χ4n) is 4.33.